The van der Waals surface area contributed by atoms with Crippen LogP contribution in [0.5, 0.6) is 5.75 Å². The van der Waals surface area contributed by atoms with Crippen LogP contribution in [-0.2, 0) is 4.79 Å². The summed E-state index contributed by atoms with van der Waals surface area (Å²) in [6, 6.07) is 11.7. The quantitative estimate of drug-likeness (QED) is 0.758. The molecular formula is C21H25N2O3+. The van der Waals surface area contributed by atoms with Crippen LogP contribution < -0.4 is 15.0 Å². The number of amides is 1. The van der Waals surface area contributed by atoms with Crippen molar-refractivity contribution in [2.45, 2.75) is 25.7 Å². The molecule has 0 aliphatic carbocycles. The molecular weight excluding hydrogens is 328 g/mol. The van der Waals surface area contributed by atoms with Crippen LogP contribution >= 0.6 is 0 Å². The van der Waals surface area contributed by atoms with E-state index >= 15 is 0 Å². The van der Waals surface area contributed by atoms with Gasteiger partial charge >= 0.3 is 0 Å². The first-order valence-electron chi connectivity index (χ1n) is 9.37. The van der Waals surface area contributed by atoms with Gasteiger partial charge in [-0.3, -0.25) is 4.79 Å². The summed E-state index contributed by atoms with van der Waals surface area (Å²) in [6.07, 6.45) is 4.97. The van der Waals surface area contributed by atoms with Crippen LogP contribution in [0.3, 0.4) is 0 Å². The van der Waals surface area contributed by atoms with Gasteiger partial charge in [0.05, 0.1) is 25.9 Å². The predicted octanol–water partition coefficient (Wildman–Crippen LogP) is 2.99. The van der Waals surface area contributed by atoms with E-state index in [4.69, 9.17) is 9.15 Å². The van der Waals surface area contributed by atoms with Gasteiger partial charge in [-0.2, -0.15) is 0 Å². The number of furan rings is 1. The van der Waals surface area contributed by atoms with Crippen LogP contribution in [0.25, 0.3) is 21.9 Å². The molecule has 1 aromatic heterocycles. The molecule has 5 nitrogen and oxygen atoms in total. The average Bonchev–Trinajstić information content (AvgIpc) is 2.80. The average molecular weight is 353 g/mol. The Morgan fingerprint density at radius 3 is 2.62 bits per heavy atom. The number of methoxy groups -OCH3 is 1. The van der Waals surface area contributed by atoms with Crippen molar-refractivity contribution >= 4 is 33.5 Å². The Labute approximate surface area is 152 Å². The standard InChI is InChI=1S/C21H24N2O3/c1-25-20-12-16-15-8-4-5-9-18(15)26-19(16)13-17(20)22-21(24)14-23-10-6-2-3-7-11-23/h4-5,8-9,12-13H,2-3,6-7,10-11,14H2,1H3,(H,22,24)/p+1. The van der Waals surface area contributed by atoms with Crippen molar-refractivity contribution in [2.75, 3.05) is 32.1 Å². The number of carbonyl (C=O) groups excluding carboxylic acids is 1. The van der Waals surface area contributed by atoms with Gasteiger partial charge in [0.25, 0.3) is 5.91 Å². The van der Waals surface area contributed by atoms with E-state index in [1.54, 1.807) is 7.11 Å². The lowest BCUT2D eigenvalue weighted by Crippen LogP contribution is -3.12. The van der Waals surface area contributed by atoms with Gasteiger partial charge in [-0.15, -0.1) is 0 Å². The minimum atomic E-state index is 0.0238. The summed E-state index contributed by atoms with van der Waals surface area (Å²) in [7, 11) is 1.62. The molecule has 0 saturated carbocycles. The third kappa shape index (κ3) is 3.40. The van der Waals surface area contributed by atoms with E-state index in [-0.39, 0.29) is 5.91 Å². The minimum absolute atomic E-state index is 0.0238. The maximum absolute atomic E-state index is 12.6. The zero-order valence-electron chi connectivity index (χ0n) is 15.1. The first-order valence-corrected chi connectivity index (χ1v) is 9.37. The van der Waals surface area contributed by atoms with Gasteiger partial charge in [0, 0.05) is 16.8 Å². The molecule has 1 aliphatic rings. The van der Waals surface area contributed by atoms with Gasteiger partial charge in [0.2, 0.25) is 0 Å². The molecule has 26 heavy (non-hydrogen) atoms. The number of carbonyl (C=O) groups is 1. The van der Waals surface area contributed by atoms with E-state index in [1.165, 1.54) is 30.6 Å². The van der Waals surface area contributed by atoms with Crippen LogP contribution in [0, 0.1) is 0 Å². The smallest absolute Gasteiger partial charge is 0.279 e. The number of ether oxygens (including phenoxy) is 1. The topological polar surface area (TPSA) is 55.9 Å². The molecule has 2 aromatic carbocycles. The highest BCUT2D eigenvalue weighted by Gasteiger charge is 2.19. The van der Waals surface area contributed by atoms with Crippen molar-refractivity contribution in [3.05, 3.63) is 36.4 Å². The Balaban J connectivity index is 1.58. The van der Waals surface area contributed by atoms with Gasteiger partial charge < -0.3 is 19.4 Å². The first-order chi connectivity index (χ1) is 12.7. The van der Waals surface area contributed by atoms with Crippen LogP contribution in [0.4, 0.5) is 5.69 Å². The van der Waals surface area contributed by atoms with E-state index in [0.29, 0.717) is 18.0 Å². The molecule has 5 heteroatoms. The molecule has 0 atom stereocenters. The monoisotopic (exact) mass is 353 g/mol. The van der Waals surface area contributed by atoms with E-state index < -0.39 is 0 Å². The summed E-state index contributed by atoms with van der Waals surface area (Å²) in [6.45, 7) is 2.65. The zero-order chi connectivity index (χ0) is 17.9. The van der Waals surface area contributed by atoms with Gasteiger partial charge in [-0.1, -0.05) is 18.2 Å². The van der Waals surface area contributed by atoms with Gasteiger partial charge in [-0.25, -0.2) is 0 Å². The summed E-state index contributed by atoms with van der Waals surface area (Å²) < 4.78 is 11.4. The van der Waals surface area contributed by atoms with Crippen molar-refractivity contribution < 1.29 is 18.8 Å². The number of rotatable bonds is 4. The molecule has 3 aromatic rings. The number of benzene rings is 2. The summed E-state index contributed by atoms with van der Waals surface area (Å²) in [5, 5.41) is 5.06. The van der Waals surface area contributed by atoms with Gasteiger partial charge in [0.1, 0.15) is 16.9 Å². The highest BCUT2D eigenvalue weighted by Crippen LogP contribution is 2.36. The van der Waals surface area contributed by atoms with Gasteiger partial charge in [-0.05, 0) is 37.8 Å². The fraction of sp³-hybridized carbons (Fsp3) is 0.381. The number of hydrogen-bond donors (Lipinski definition) is 2. The fourth-order valence-corrected chi connectivity index (χ4v) is 3.84. The van der Waals surface area contributed by atoms with E-state index in [0.717, 1.165) is 35.0 Å². The fourth-order valence-electron chi connectivity index (χ4n) is 3.84. The van der Waals surface area contributed by atoms with E-state index in [2.05, 4.69) is 5.32 Å². The molecule has 1 amide bonds. The number of quaternary nitrogens is 1. The molecule has 1 fully saturated rings. The molecule has 0 bridgehead atoms. The summed E-state index contributed by atoms with van der Waals surface area (Å²) >= 11 is 0. The third-order valence-electron chi connectivity index (χ3n) is 5.19. The maximum atomic E-state index is 12.6. The molecule has 0 spiro atoms. The number of hydrogen-bond acceptors (Lipinski definition) is 3. The number of nitrogens with one attached hydrogen (secondary N) is 2. The molecule has 2 heterocycles. The van der Waals surface area contributed by atoms with E-state index in [1.807, 2.05) is 36.4 Å². The first kappa shape index (κ1) is 16.9. The summed E-state index contributed by atoms with van der Waals surface area (Å²) in [5.41, 5.74) is 2.25. The summed E-state index contributed by atoms with van der Waals surface area (Å²) in [4.78, 5) is 13.9. The van der Waals surface area contributed by atoms with Crippen molar-refractivity contribution in [3.8, 4) is 5.75 Å². The largest absolute Gasteiger partial charge is 0.495 e. The number of para-hydroxylation sites is 1. The number of anilines is 1. The Kier molecular flexibility index (Phi) is 4.80. The molecule has 136 valence electrons. The van der Waals surface area contributed by atoms with Crippen molar-refractivity contribution in [1.29, 1.82) is 0 Å². The van der Waals surface area contributed by atoms with Gasteiger partial charge in [0.15, 0.2) is 6.54 Å². The zero-order valence-corrected chi connectivity index (χ0v) is 15.1. The lowest BCUT2D eigenvalue weighted by atomic mass is 10.1. The minimum Gasteiger partial charge on any atom is -0.495 e. The second-order valence-corrected chi connectivity index (χ2v) is 7.04. The molecule has 2 N–H and O–H groups in total. The normalized spacial score (nSPS) is 15.9. The Morgan fingerprint density at radius 2 is 1.85 bits per heavy atom. The second kappa shape index (κ2) is 7.38. The Hall–Kier alpha value is -2.53. The maximum Gasteiger partial charge on any atom is 0.279 e. The predicted molar refractivity (Wildman–Crippen MR) is 103 cm³/mol. The Morgan fingerprint density at radius 1 is 1.08 bits per heavy atom. The SMILES string of the molecule is COc1cc2c(cc1NC(=O)C[NH+]1CCCCCC1)oc1ccccc12. The van der Waals surface area contributed by atoms with Crippen LogP contribution in [0.1, 0.15) is 25.7 Å². The molecule has 1 aliphatic heterocycles. The van der Waals surface area contributed by atoms with Crippen molar-refractivity contribution in [2.24, 2.45) is 0 Å². The molecule has 1 saturated heterocycles. The lowest BCUT2D eigenvalue weighted by Gasteiger charge is -2.17. The van der Waals surface area contributed by atoms with Crippen LogP contribution in [0.2, 0.25) is 0 Å². The summed E-state index contributed by atoms with van der Waals surface area (Å²) in [5.74, 6) is 0.680. The van der Waals surface area contributed by atoms with Crippen molar-refractivity contribution in [3.63, 3.8) is 0 Å². The number of likely N-dealkylation sites (tertiary alicyclic amines) is 1. The second-order valence-electron chi connectivity index (χ2n) is 7.04. The highest BCUT2D eigenvalue weighted by molar-refractivity contribution is 6.07. The molecule has 4 rings (SSSR count). The Bertz CT molecular complexity index is 924. The third-order valence-corrected chi connectivity index (χ3v) is 5.19. The van der Waals surface area contributed by atoms with Crippen LogP contribution in [-0.4, -0.2) is 32.7 Å². The van der Waals surface area contributed by atoms with Crippen molar-refractivity contribution in [1.82, 2.24) is 0 Å². The molecule has 0 unspecified atom stereocenters. The van der Waals surface area contributed by atoms with E-state index in [9.17, 15) is 4.79 Å². The number of fused-ring (bicyclic) bond motifs is 3. The highest BCUT2D eigenvalue weighted by atomic mass is 16.5. The lowest BCUT2D eigenvalue weighted by molar-refractivity contribution is -0.890. The molecule has 0 radical (unpaired) electrons. The van der Waals surface area contributed by atoms with Crippen LogP contribution in [0.15, 0.2) is 40.8 Å².